The molecule has 5 atom stereocenters. The first-order chi connectivity index (χ1) is 10.0. The first kappa shape index (κ1) is 15.3. The Bertz CT molecular complexity index is 399. The summed E-state index contributed by atoms with van der Waals surface area (Å²) in [5.74, 6) is 2.73. The molecule has 21 heavy (non-hydrogen) atoms. The van der Waals surface area contributed by atoms with Crippen LogP contribution in [-0.2, 0) is 4.79 Å². The number of carbonyl (C=O) groups excluding carboxylic acids is 1. The molecule has 0 spiro atoms. The molecule has 0 saturated heterocycles. The van der Waals surface area contributed by atoms with Crippen LogP contribution in [0.25, 0.3) is 0 Å². The van der Waals surface area contributed by atoms with Crippen LogP contribution in [-0.4, -0.2) is 42.5 Å². The molecule has 3 aliphatic rings. The maximum Gasteiger partial charge on any atom is 0.237 e. The quantitative estimate of drug-likeness (QED) is 0.784. The molecule has 0 radical (unpaired) electrons. The van der Waals surface area contributed by atoms with Crippen molar-refractivity contribution >= 4 is 5.91 Å². The fraction of sp³-hybridized carbons (Fsp3) is 0.941. The minimum Gasteiger partial charge on any atom is -0.368 e. The summed E-state index contributed by atoms with van der Waals surface area (Å²) in [6.45, 7) is 4.08. The summed E-state index contributed by atoms with van der Waals surface area (Å²) in [6.07, 6.45) is 8.71. The first-order valence-corrected chi connectivity index (χ1v) is 8.79. The topological polar surface area (TPSA) is 58.4 Å². The SMILES string of the molecule is CCNC1(C(N)=O)CCC(N(C)CC2CC3CCC2C3)C1. The summed E-state index contributed by atoms with van der Waals surface area (Å²) < 4.78 is 0. The van der Waals surface area contributed by atoms with Crippen LogP contribution in [0.3, 0.4) is 0 Å². The van der Waals surface area contributed by atoms with Crippen molar-refractivity contribution in [1.82, 2.24) is 10.2 Å². The molecule has 3 fully saturated rings. The lowest BCUT2D eigenvalue weighted by Crippen LogP contribution is -2.54. The van der Waals surface area contributed by atoms with Crippen molar-refractivity contribution in [3.05, 3.63) is 0 Å². The summed E-state index contributed by atoms with van der Waals surface area (Å²) >= 11 is 0. The van der Waals surface area contributed by atoms with Crippen LogP contribution in [0.15, 0.2) is 0 Å². The van der Waals surface area contributed by atoms with Gasteiger partial charge in [-0.25, -0.2) is 0 Å². The number of rotatable bonds is 6. The van der Waals surface area contributed by atoms with Crippen molar-refractivity contribution < 1.29 is 4.79 Å². The van der Waals surface area contributed by atoms with Gasteiger partial charge in [0, 0.05) is 12.6 Å². The molecule has 2 bridgehead atoms. The van der Waals surface area contributed by atoms with E-state index in [9.17, 15) is 4.79 Å². The van der Waals surface area contributed by atoms with Crippen molar-refractivity contribution in [3.8, 4) is 0 Å². The van der Waals surface area contributed by atoms with Gasteiger partial charge in [0.1, 0.15) is 0 Å². The number of fused-ring (bicyclic) bond motifs is 2. The Balaban J connectivity index is 1.56. The molecule has 0 aliphatic heterocycles. The fourth-order valence-corrected chi connectivity index (χ4v) is 5.32. The fourth-order valence-electron chi connectivity index (χ4n) is 5.32. The average Bonchev–Trinajstić information content (AvgIpc) is 3.13. The molecule has 3 rings (SSSR count). The molecule has 3 saturated carbocycles. The van der Waals surface area contributed by atoms with E-state index in [0.29, 0.717) is 6.04 Å². The molecule has 5 unspecified atom stereocenters. The van der Waals surface area contributed by atoms with Crippen molar-refractivity contribution in [3.63, 3.8) is 0 Å². The standard InChI is InChI=1S/C17H31N3O/c1-3-19-17(16(18)21)7-6-15(10-17)20(2)11-14-9-12-4-5-13(14)8-12/h12-15,19H,3-11H2,1-2H3,(H2,18,21). The maximum absolute atomic E-state index is 11.9. The smallest absolute Gasteiger partial charge is 0.237 e. The largest absolute Gasteiger partial charge is 0.368 e. The van der Waals surface area contributed by atoms with Crippen LogP contribution < -0.4 is 11.1 Å². The predicted molar refractivity (Wildman–Crippen MR) is 84.8 cm³/mol. The van der Waals surface area contributed by atoms with Gasteiger partial charge in [0.15, 0.2) is 0 Å². The van der Waals surface area contributed by atoms with Gasteiger partial charge in [-0.3, -0.25) is 4.79 Å². The van der Waals surface area contributed by atoms with Gasteiger partial charge in [-0.15, -0.1) is 0 Å². The van der Waals surface area contributed by atoms with Crippen LogP contribution in [0.2, 0.25) is 0 Å². The number of nitrogens with two attached hydrogens (primary N) is 1. The summed E-state index contributed by atoms with van der Waals surface area (Å²) in [6, 6.07) is 0.510. The molecule has 4 heteroatoms. The number of nitrogens with zero attached hydrogens (tertiary/aromatic N) is 1. The monoisotopic (exact) mass is 293 g/mol. The molecule has 0 heterocycles. The minimum absolute atomic E-state index is 0.167. The van der Waals surface area contributed by atoms with E-state index in [1.54, 1.807) is 0 Å². The van der Waals surface area contributed by atoms with E-state index < -0.39 is 5.54 Å². The third-order valence-electron chi connectivity index (χ3n) is 6.51. The van der Waals surface area contributed by atoms with E-state index in [2.05, 4.69) is 24.2 Å². The van der Waals surface area contributed by atoms with Gasteiger partial charge in [-0.05, 0) is 69.9 Å². The van der Waals surface area contributed by atoms with Gasteiger partial charge < -0.3 is 16.0 Å². The number of amides is 1. The van der Waals surface area contributed by atoms with E-state index in [4.69, 9.17) is 5.73 Å². The Morgan fingerprint density at radius 3 is 2.71 bits per heavy atom. The van der Waals surface area contributed by atoms with Crippen LogP contribution in [0.1, 0.15) is 51.9 Å². The van der Waals surface area contributed by atoms with Gasteiger partial charge in [0.05, 0.1) is 5.54 Å². The van der Waals surface area contributed by atoms with E-state index in [-0.39, 0.29) is 5.91 Å². The molecule has 0 aromatic rings. The van der Waals surface area contributed by atoms with Crippen molar-refractivity contribution in [1.29, 1.82) is 0 Å². The second kappa shape index (κ2) is 5.88. The van der Waals surface area contributed by atoms with Crippen LogP contribution >= 0.6 is 0 Å². The summed E-state index contributed by atoms with van der Waals surface area (Å²) in [5, 5.41) is 3.36. The van der Waals surface area contributed by atoms with Crippen molar-refractivity contribution in [2.24, 2.45) is 23.5 Å². The Morgan fingerprint density at radius 1 is 1.33 bits per heavy atom. The number of hydrogen-bond acceptors (Lipinski definition) is 3. The molecular formula is C17H31N3O. The van der Waals surface area contributed by atoms with Gasteiger partial charge >= 0.3 is 0 Å². The lowest BCUT2D eigenvalue weighted by molar-refractivity contribution is -0.124. The Labute approximate surface area is 128 Å². The molecule has 0 aromatic carbocycles. The van der Waals surface area contributed by atoms with Crippen molar-refractivity contribution in [2.45, 2.75) is 63.5 Å². The number of carbonyl (C=O) groups is 1. The summed E-state index contributed by atoms with van der Waals surface area (Å²) in [4.78, 5) is 14.4. The summed E-state index contributed by atoms with van der Waals surface area (Å²) in [5.41, 5.74) is 5.22. The van der Waals surface area contributed by atoms with Gasteiger partial charge in [0.25, 0.3) is 0 Å². The highest BCUT2D eigenvalue weighted by atomic mass is 16.1. The van der Waals surface area contributed by atoms with E-state index in [0.717, 1.165) is 43.6 Å². The zero-order chi connectivity index (χ0) is 15.0. The maximum atomic E-state index is 11.9. The predicted octanol–water partition coefficient (Wildman–Crippen LogP) is 1.74. The molecule has 3 aliphatic carbocycles. The Kier molecular flexibility index (Phi) is 4.28. The van der Waals surface area contributed by atoms with Crippen LogP contribution in [0.4, 0.5) is 0 Å². The van der Waals surface area contributed by atoms with Gasteiger partial charge in [-0.2, -0.15) is 0 Å². The highest BCUT2D eigenvalue weighted by Gasteiger charge is 2.46. The molecule has 120 valence electrons. The lowest BCUT2D eigenvalue weighted by Gasteiger charge is -2.32. The summed E-state index contributed by atoms with van der Waals surface area (Å²) in [7, 11) is 2.25. The van der Waals surface area contributed by atoms with Gasteiger partial charge in [-0.1, -0.05) is 13.3 Å². The minimum atomic E-state index is -0.456. The second-order valence-corrected chi connectivity index (χ2v) is 7.75. The Hall–Kier alpha value is -0.610. The lowest BCUT2D eigenvalue weighted by atomic mass is 9.88. The van der Waals surface area contributed by atoms with E-state index >= 15 is 0 Å². The molecule has 1 amide bonds. The molecule has 4 nitrogen and oxygen atoms in total. The highest BCUT2D eigenvalue weighted by molar-refractivity contribution is 5.85. The van der Waals surface area contributed by atoms with E-state index in [1.165, 1.54) is 32.2 Å². The number of likely N-dealkylation sites (N-methyl/N-ethyl adjacent to an activating group) is 1. The van der Waals surface area contributed by atoms with Crippen molar-refractivity contribution in [2.75, 3.05) is 20.1 Å². The average molecular weight is 293 g/mol. The third kappa shape index (κ3) is 2.85. The molecule has 0 aromatic heterocycles. The second-order valence-electron chi connectivity index (χ2n) is 7.75. The molecule has 3 N–H and O–H groups in total. The number of hydrogen-bond donors (Lipinski definition) is 2. The molecular weight excluding hydrogens is 262 g/mol. The normalized spacial score (nSPS) is 42.0. The van der Waals surface area contributed by atoms with E-state index in [1.807, 2.05) is 0 Å². The zero-order valence-corrected chi connectivity index (χ0v) is 13.6. The van der Waals surface area contributed by atoms with Crippen LogP contribution in [0, 0.1) is 17.8 Å². The number of nitrogens with one attached hydrogen (secondary N) is 1. The highest BCUT2D eigenvalue weighted by Crippen LogP contribution is 2.48. The first-order valence-electron chi connectivity index (χ1n) is 8.79. The Morgan fingerprint density at radius 2 is 2.14 bits per heavy atom. The third-order valence-corrected chi connectivity index (χ3v) is 6.51. The van der Waals surface area contributed by atoms with Gasteiger partial charge in [0.2, 0.25) is 5.91 Å². The van der Waals surface area contributed by atoms with Crippen LogP contribution in [0.5, 0.6) is 0 Å². The zero-order valence-electron chi connectivity index (χ0n) is 13.6. The number of primary amides is 1.